The lowest BCUT2D eigenvalue weighted by Gasteiger charge is -2.18. The monoisotopic (exact) mass is 488 g/mol. The molecule has 150 valence electrons. The van der Waals surface area contributed by atoms with Crippen molar-refractivity contribution in [2.24, 2.45) is 4.99 Å². The van der Waals surface area contributed by atoms with Crippen LogP contribution in [0.3, 0.4) is 0 Å². The molecule has 1 aliphatic heterocycles. The summed E-state index contributed by atoms with van der Waals surface area (Å²) in [7, 11) is 1.73. The lowest BCUT2D eigenvalue weighted by atomic mass is 10.1. The van der Waals surface area contributed by atoms with Gasteiger partial charge in [0.25, 0.3) is 0 Å². The van der Waals surface area contributed by atoms with E-state index in [4.69, 9.17) is 4.74 Å². The summed E-state index contributed by atoms with van der Waals surface area (Å²) in [4.78, 5) is 29.6. The number of guanidine groups is 1. The molecule has 1 aromatic carbocycles. The van der Waals surface area contributed by atoms with Gasteiger partial charge in [0.2, 0.25) is 5.91 Å². The van der Waals surface area contributed by atoms with Gasteiger partial charge >= 0.3 is 5.97 Å². The van der Waals surface area contributed by atoms with Gasteiger partial charge in [0.1, 0.15) is 0 Å². The van der Waals surface area contributed by atoms with Crippen LogP contribution < -0.4 is 10.6 Å². The number of likely N-dealkylation sites (tertiary alicyclic amines) is 1. The average molecular weight is 488 g/mol. The smallest absolute Gasteiger partial charge is 0.338 e. The first-order valence-corrected chi connectivity index (χ1v) is 9.08. The molecule has 7 nitrogen and oxygen atoms in total. The molecule has 0 radical (unpaired) electrons. The molecule has 1 aliphatic rings. The number of esters is 1. The van der Waals surface area contributed by atoms with Crippen LogP contribution in [-0.4, -0.2) is 55.5 Å². The molecule has 0 saturated carbocycles. The van der Waals surface area contributed by atoms with Gasteiger partial charge in [0.15, 0.2) is 5.96 Å². The summed E-state index contributed by atoms with van der Waals surface area (Å²) in [5, 5.41) is 6.63. The number of nitrogens with one attached hydrogen (secondary N) is 2. The van der Waals surface area contributed by atoms with E-state index in [1.807, 2.05) is 24.0 Å². The van der Waals surface area contributed by atoms with Crippen molar-refractivity contribution in [2.45, 2.75) is 39.3 Å². The summed E-state index contributed by atoms with van der Waals surface area (Å²) in [6.07, 6.45) is 1.46. The van der Waals surface area contributed by atoms with Gasteiger partial charge < -0.3 is 20.3 Å². The van der Waals surface area contributed by atoms with Gasteiger partial charge in [-0.15, -0.1) is 24.0 Å². The fraction of sp³-hybridized carbons (Fsp3) is 0.526. The highest BCUT2D eigenvalue weighted by Gasteiger charge is 2.25. The van der Waals surface area contributed by atoms with Crippen molar-refractivity contribution in [2.75, 3.05) is 26.7 Å². The van der Waals surface area contributed by atoms with Crippen LogP contribution in [0.15, 0.2) is 29.3 Å². The third-order valence-corrected chi connectivity index (χ3v) is 4.33. The van der Waals surface area contributed by atoms with Gasteiger partial charge in [-0.05, 0) is 31.0 Å². The molecule has 1 aromatic rings. The van der Waals surface area contributed by atoms with Crippen molar-refractivity contribution in [1.82, 2.24) is 15.5 Å². The van der Waals surface area contributed by atoms with Gasteiger partial charge in [-0.3, -0.25) is 9.79 Å². The highest BCUT2D eigenvalue weighted by Crippen LogP contribution is 2.10. The van der Waals surface area contributed by atoms with Gasteiger partial charge in [-0.2, -0.15) is 0 Å². The van der Waals surface area contributed by atoms with Crippen molar-refractivity contribution in [3.63, 3.8) is 0 Å². The minimum absolute atomic E-state index is 0. The van der Waals surface area contributed by atoms with Crippen LogP contribution in [-0.2, 0) is 16.1 Å². The van der Waals surface area contributed by atoms with Crippen molar-refractivity contribution < 1.29 is 14.3 Å². The molecule has 0 bridgehead atoms. The molecule has 1 fully saturated rings. The summed E-state index contributed by atoms with van der Waals surface area (Å²) in [6.45, 7) is 6.13. The van der Waals surface area contributed by atoms with E-state index in [1.54, 1.807) is 26.1 Å². The van der Waals surface area contributed by atoms with Crippen molar-refractivity contribution in [1.29, 1.82) is 0 Å². The lowest BCUT2D eigenvalue weighted by molar-refractivity contribution is -0.129. The molecule has 1 amide bonds. The van der Waals surface area contributed by atoms with Crippen molar-refractivity contribution in [3.8, 4) is 0 Å². The second-order valence-electron chi connectivity index (χ2n) is 6.17. The molecule has 1 atom stereocenters. The molecule has 27 heavy (non-hydrogen) atoms. The maximum Gasteiger partial charge on any atom is 0.338 e. The van der Waals surface area contributed by atoms with E-state index in [2.05, 4.69) is 15.6 Å². The standard InChI is InChI=1S/C19H28N4O3.HI/c1-4-17(24)23-11-10-16(13-23)22-19(20-3)21-12-14-6-8-15(9-7-14)18(25)26-5-2;/h6-9,16H,4-5,10-13H2,1-3H3,(H2,20,21,22);1H. The minimum Gasteiger partial charge on any atom is -0.462 e. The molecule has 8 heteroatoms. The number of hydrogen-bond donors (Lipinski definition) is 2. The zero-order chi connectivity index (χ0) is 18.9. The Balaban J connectivity index is 0.00000364. The number of aliphatic imine (C=N–C) groups is 1. The molecule has 0 aliphatic carbocycles. The Labute approximate surface area is 178 Å². The number of hydrogen-bond acceptors (Lipinski definition) is 4. The quantitative estimate of drug-likeness (QED) is 0.278. The normalized spacial score (nSPS) is 16.5. The SMILES string of the molecule is CCOC(=O)c1ccc(CNC(=NC)NC2CCN(C(=O)CC)C2)cc1.I. The molecular weight excluding hydrogens is 459 g/mol. The zero-order valence-corrected chi connectivity index (χ0v) is 18.5. The van der Waals surface area contributed by atoms with Crippen LogP contribution in [0.5, 0.6) is 0 Å². The second-order valence-corrected chi connectivity index (χ2v) is 6.17. The number of rotatable bonds is 6. The van der Waals surface area contributed by atoms with Gasteiger partial charge in [-0.1, -0.05) is 19.1 Å². The Morgan fingerprint density at radius 2 is 1.96 bits per heavy atom. The van der Waals surface area contributed by atoms with Crippen molar-refractivity contribution >= 4 is 41.8 Å². The third kappa shape index (κ3) is 7.00. The number of halogens is 1. The summed E-state index contributed by atoms with van der Waals surface area (Å²) < 4.78 is 4.98. The van der Waals surface area contributed by atoms with E-state index in [-0.39, 0.29) is 41.9 Å². The Morgan fingerprint density at radius 1 is 1.26 bits per heavy atom. The fourth-order valence-corrected chi connectivity index (χ4v) is 2.88. The third-order valence-electron chi connectivity index (χ3n) is 4.33. The van der Waals surface area contributed by atoms with E-state index in [0.717, 1.165) is 18.5 Å². The number of carbonyl (C=O) groups excluding carboxylic acids is 2. The molecule has 2 N–H and O–H groups in total. The predicted molar refractivity (Wildman–Crippen MR) is 116 cm³/mol. The van der Waals surface area contributed by atoms with Crippen LogP contribution in [0.1, 0.15) is 42.6 Å². The van der Waals surface area contributed by atoms with Crippen molar-refractivity contribution in [3.05, 3.63) is 35.4 Å². The molecule has 0 aromatic heterocycles. The largest absolute Gasteiger partial charge is 0.462 e. The highest BCUT2D eigenvalue weighted by atomic mass is 127. The first-order valence-electron chi connectivity index (χ1n) is 9.08. The molecular formula is C19H29IN4O3. The molecule has 1 unspecified atom stereocenters. The van der Waals surface area contributed by atoms with Crippen LogP contribution >= 0.6 is 24.0 Å². The zero-order valence-electron chi connectivity index (χ0n) is 16.2. The molecule has 2 rings (SSSR count). The molecule has 1 heterocycles. The van der Waals surface area contributed by atoms with E-state index >= 15 is 0 Å². The summed E-state index contributed by atoms with van der Waals surface area (Å²) in [5.74, 6) is 0.589. The Hall–Kier alpha value is -1.84. The second kappa shape index (κ2) is 11.8. The van der Waals surface area contributed by atoms with Crippen LogP contribution in [0.25, 0.3) is 0 Å². The minimum atomic E-state index is -0.308. The fourth-order valence-electron chi connectivity index (χ4n) is 2.88. The molecule has 0 spiro atoms. The first-order chi connectivity index (χ1) is 12.6. The Bertz CT molecular complexity index is 649. The summed E-state index contributed by atoms with van der Waals surface area (Å²) in [6, 6.07) is 7.52. The van der Waals surface area contributed by atoms with Crippen LogP contribution in [0, 0.1) is 0 Å². The number of amides is 1. The predicted octanol–water partition coefficient (Wildman–Crippen LogP) is 2.16. The maximum atomic E-state index is 11.8. The van der Waals surface area contributed by atoms with E-state index in [0.29, 0.717) is 37.6 Å². The molecule has 1 saturated heterocycles. The van der Waals surface area contributed by atoms with Gasteiger partial charge in [0, 0.05) is 39.1 Å². The average Bonchev–Trinajstić information content (AvgIpc) is 3.13. The maximum absolute atomic E-state index is 11.8. The lowest BCUT2D eigenvalue weighted by Crippen LogP contribution is -2.44. The first kappa shape index (κ1) is 23.2. The highest BCUT2D eigenvalue weighted by molar-refractivity contribution is 14.0. The summed E-state index contributed by atoms with van der Waals surface area (Å²) in [5.41, 5.74) is 1.58. The van der Waals surface area contributed by atoms with Crippen LogP contribution in [0.2, 0.25) is 0 Å². The number of benzene rings is 1. The topological polar surface area (TPSA) is 83.0 Å². The number of carbonyl (C=O) groups is 2. The Kier molecular flexibility index (Phi) is 10.1. The number of nitrogens with zero attached hydrogens (tertiary/aromatic N) is 2. The van der Waals surface area contributed by atoms with E-state index in [1.165, 1.54) is 0 Å². The Morgan fingerprint density at radius 3 is 2.56 bits per heavy atom. The van der Waals surface area contributed by atoms with E-state index < -0.39 is 0 Å². The number of ether oxygens (including phenoxy) is 1. The van der Waals surface area contributed by atoms with Gasteiger partial charge in [0.05, 0.1) is 12.2 Å². The van der Waals surface area contributed by atoms with E-state index in [9.17, 15) is 9.59 Å². The van der Waals surface area contributed by atoms with Crippen LogP contribution in [0.4, 0.5) is 0 Å². The summed E-state index contributed by atoms with van der Waals surface area (Å²) >= 11 is 0. The van der Waals surface area contributed by atoms with Gasteiger partial charge in [-0.25, -0.2) is 4.79 Å².